The van der Waals surface area contributed by atoms with Crippen molar-refractivity contribution in [3.8, 4) is 0 Å². The summed E-state index contributed by atoms with van der Waals surface area (Å²) in [5.74, 6) is 0. The van der Waals surface area contributed by atoms with Crippen LogP contribution < -0.4 is 0 Å². The maximum atomic E-state index is 6.05. The fourth-order valence-electron chi connectivity index (χ4n) is 0.600. The first-order valence-corrected chi connectivity index (χ1v) is 8.18. The summed E-state index contributed by atoms with van der Waals surface area (Å²) in [4.78, 5) is 0. The normalized spacial score (nSPS) is 10.9. The van der Waals surface area contributed by atoms with Gasteiger partial charge in [0.25, 0.3) is 0 Å². The van der Waals surface area contributed by atoms with Crippen molar-refractivity contribution < 1.29 is 26.6 Å². The zero-order valence-corrected chi connectivity index (χ0v) is 10.4. The Balaban J connectivity index is 4.07. The van der Waals surface area contributed by atoms with Crippen molar-refractivity contribution in [3.63, 3.8) is 0 Å². The Morgan fingerprint density at radius 2 is 1.14 bits per heavy atom. The van der Waals surface area contributed by atoms with Crippen molar-refractivity contribution >= 4 is 9.30 Å². The molecule has 0 atom stereocenters. The first kappa shape index (κ1) is 14.1. The van der Waals surface area contributed by atoms with E-state index in [9.17, 15) is 0 Å². The van der Waals surface area contributed by atoms with Crippen LogP contribution in [0.4, 0.5) is 0 Å². The SMILES string of the molecule is C=CC[O][Ti]([Cl])([O]CC=C)[O]CC=C. The molecule has 0 saturated carbocycles. The van der Waals surface area contributed by atoms with Gasteiger partial charge in [-0.05, 0) is 0 Å². The van der Waals surface area contributed by atoms with Crippen molar-refractivity contribution in [1.82, 2.24) is 0 Å². The number of rotatable bonds is 9. The molecular formula is C9H15ClO3Ti. The fraction of sp³-hybridized carbons (Fsp3) is 0.333. The van der Waals surface area contributed by atoms with Crippen LogP contribution >= 0.6 is 9.30 Å². The second-order valence-corrected chi connectivity index (χ2v) is 7.05. The Morgan fingerprint density at radius 3 is 1.36 bits per heavy atom. The van der Waals surface area contributed by atoms with Gasteiger partial charge in [0, 0.05) is 0 Å². The average molecular weight is 255 g/mol. The van der Waals surface area contributed by atoms with Crippen molar-refractivity contribution in [2.75, 3.05) is 19.8 Å². The van der Waals surface area contributed by atoms with Crippen LogP contribution in [-0.4, -0.2) is 19.8 Å². The second-order valence-electron chi connectivity index (χ2n) is 2.28. The van der Waals surface area contributed by atoms with Crippen molar-refractivity contribution in [3.05, 3.63) is 38.0 Å². The molecule has 0 aliphatic carbocycles. The summed E-state index contributed by atoms with van der Waals surface area (Å²) in [6.45, 7) is 11.5. The van der Waals surface area contributed by atoms with Gasteiger partial charge in [-0.1, -0.05) is 0 Å². The molecule has 5 heteroatoms. The zero-order chi connectivity index (χ0) is 10.9. The maximum absolute atomic E-state index is 6.05. The van der Waals surface area contributed by atoms with Gasteiger partial charge in [-0.25, -0.2) is 0 Å². The molecule has 14 heavy (non-hydrogen) atoms. The van der Waals surface area contributed by atoms with E-state index in [2.05, 4.69) is 19.7 Å². The molecule has 0 aromatic carbocycles. The van der Waals surface area contributed by atoms with Crippen LogP contribution in [0.1, 0.15) is 0 Å². The number of halogens is 1. The third kappa shape index (κ3) is 6.54. The third-order valence-corrected chi connectivity index (χ3v) is 4.87. The van der Waals surface area contributed by atoms with E-state index < -0.39 is 16.7 Å². The molecule has 0 spiro atoms. The van der Waals surface area contributed by atoms with Gasteiger partial charge in [-0.15, -0.1) is 0 Å². The molecule has 3 nitrogen and oxygen atoms in total. The van der Waals surface area contributed by atoms with E-state index in [1.165, 1.54) is 0 Å². The van der Waals surface area contributed by atoms with Crippen LogP contribution in [-0.2, 0) is 26.6 Å². The van der Waals surface area contributed by atoms with Crippen LogP contribution in [0.25, 0.3) is 0 Å². The molecule has 0 N–H and O–H groups in total. The van der Waals surface area contributed by atoms with Crippen LogP contribution in [0.3, 0.4) is 0 Å². The predicted octanol–water partition coefficient (Wildman–Crippen LogP) is 2.65. The van der Waals surface area contributed by atoms with Crippen LogP contribution in [0.5, 0.6) is 0 Å². The molecule has 0 amide bonds. The quantitative estimate of drug-likeness (QED) is 0.468. The van der Waals surface area contributed by atoms with Gasteiger partial charge in [0.15, 0.2) is 0 Å². The summed E-state index contributed by atoms with van der Waals surface area (Å²) in [6, 6.07) is 0. The Morgan fingerprint density at radius 1 is 0.857 bits per heavy atom. The summed E-state index contributed by atoms with van der Waals surface area (Å²) in [5, 5.41) is 0. The van der Waals surface area contributed by atoms with Gasteiger partial charge in [-0.2, -0.15) is 0 Å². The first-order chi connectivity index (χ1) is 6.68. The molecule has 0 unspecified atom stereocenters. The average Bonchev–Trinajstić information content (AvgIpc) is 2.21. The van der Waals surface area contributed by atoms with E-state index in [0.717, 1.165) is 0 Å². The fourth-order valence-corrected chi connectivity index (χ4v) is 3.25. The molecule has 0 rings (SSSR count). The van der Waals surface area contributed by atoms with Gasteiger partial charge in [0.2, 0.25) is 0 Å². The van der Waals surface area contributed by atoms with Gasteiger partial charge >= 0.3 is 93.7 Å². The number of hydrogen-bond donors (Lipinski definition) is 0. The zero-order valence-electron chi connectivity index (χ0n) is 8.08. The van der Waals surface area contributed by atoms with Gasteiger partial charge in [-0.3, -0.25) is 0 Å². The number of hydrogen-bond acceptors (Lipinski definition) is 3. The molecule has 0 radical (unpaired) electrons. The third-order valence-electron chi connectivity index (χ3n) is 1.12. The molecule has 0 aliphatic heterocycles. The Bertz CT molecular complexity index is 165. The molecule has 0 fully saturated rings. The first-order valence-electron chi connectivity index (χ1n) is 4.12. The summed E-state index contributed by atoms with van der Waals surface area (Å²) >= 11 is -3.57. The monoisotopic (exact) mass is 254 g/mol. The summed E-state index contributed by atoms with van der Waals surface area (Å²) in [7, 11) is 6.05. The van der Waals surface area contributed by atoms with Gasteiger partial charge in [0.1, 0.15) is 0 Å². The van der Waals surface area contributed by atoms with E-state index in [1.807, 2.05) is 0 Å². The van der Waals surface area contributed by atoms with Gasteiger partial charge in [0.05, 0.1) is 0 Å². The molecule has 0 aromatic rings. The van der Waals surface area contributed by atoms with Crippen LogP contribution in [0.15, 0.2) is 38.0 Å². The molecular weight excluding hydrogens is 239 g/mol. The van der Waals surface area contributed by atoms with E-state index >= 15 is 0 Å². The molecule has 0 saturated heterocycles. The van der Waals surface area contributed by atoms with Crippen LogP contribution in [0, 0.1) is 0 Å². The van der Waals surface area contributed by atoms with Gasteiger partial charge < -0.3 is 0 Å². The van der Waals surface area contributed by atoms with Crippen LogP contribution in [0.2, 0.25) is 0 Å². The Kier molecular flexibility index (Phi) is 8.48. The standard InChI is InChI=1S/3C3H5O.ClH.Ti/c3*1-2-3-4;;/h3*2H,1,3H2;1H;/q3*-1;;+4/p-1. The predicted molar refractivity (Wildman–Crippen MR) is 54.3 cm³/mol. The molecule has 80 valence electrons. The van der Waals surface area contributed by atoms with Crippen molar-refractivity contribution in [2.24, 2.45) is 0 Å². The van der Waals surface area contributed by atoms with Crippen molar-refractivity contribution in [1.29, 1.82) is 0 Å². The molecule has 0 aliphatic rings. The summed E-state index contributed by atoms with van der Waals surface area (Å²) < 4.78 is 15.8. The van der Waals surface area contributed by atoms with E-state index in [-0.39, 0.29) is 0 Å². The van der Waals surface area contributed by atoms with E-state index in [0.29, 0.717) is 19.8 Å². The minimum atomic E-state index is -3.57. The Labute approximate surface area is 93.7 Å². The topological polar surface area (TPSA) is 27.7 Å². The van der Waals surface area contributed by atoms with Crippen molar-refractivity contribution in [2.45, 2.75) is 0 Å². The summed E-state index contributed by atoms with van der Waals surface area (Å²) in [5.41, 5.74) is 0. The van der Waals surface area contributed by atoms with E-state index in [4.69, 9.17) is 19.3 Å². The molecule has 0 aromatic heterocycles. The molecule has 0 bridgehead atoms. The minimum absolute atomic E-state index is 0.317. The molecule has 0 heterocycles. The second kappa shape index (κ2) is 8.42. The Hall–Kier alpha value is 0.104. The van der Waals surface area contributed by atoms with E-state index in [1.54, 1.807) is 18.2 Å². The summed E-state index contributed by atoms with van der Waals surface area (Å²) in [6.07, 6.45) is 4.78.